The summed E-state index contributed by atoms with van der Waals surface area (Å²) in [6, 6.07) is 18.7. The first-order valence-corrected chi connectivity index (χ1v) is 14.7. The first kappa shape index (κ1) is 32.4. The number of carbonyl (C=O) groups excluding carboxylic acids is 3. The molecule has 4 amide bonds. The van der Waals surface area contributed by atoms with E-state index in [9.17, 15) is 18.8 Å². The van der Waals surface area contributed by atoms with Gasteiger partial charge in [-0.2, -0.15) is 0 Å². The minimum atomic E-state index is -0.666. The molecule has 0 radical (unpaired) electrons. The molecule has 11 heteroatoms. The molecular weight excluding hydrogens is 565 g/mol. The zero-order chi connectivity index (χ0) is 31.5. The number of anilines is 3. The van der Waals surface area contributed by atoms with Crippen LogP contribution in [0.15, 0.2) is 72.8 Å². The van der Waals surface area contributed by atoms with Gasteiger partial charge in [0.15, 0.2) is 0 Å². The number of amides is 4. The number of para-hydroxylation sites is 2. The standard InChI is InChI=1S/C33H40FN5O5/c1-33(2,3)44-32(42)38-29-8-5-4-7-28(29)36-30(40)24-12-10-23(11-13-24)27(9-6-18-39-19-21-43-22-20-39)37-31(41)35-26-16-14-25(34)15-17-26/h4-5,7-8,10-17,27H,6,9,18-22H2,1-3H3,(H,36,40)(H,38,42)(H2,35,37,41). The van der Waals surface area contributed by atoms with Crippen molar-refractivity contribution in [3.05, 3.63) is 89.7 Å². The third-order valence-electron chi connectivity index (χ3n) is 6.86. The summed E-state index contributed by atoms with van der Waals surface area (Å²) in [4.78, 5) is 40.6. The molecule has 1 aliphatic heterocycles. The fraction of sp³-hybridized carbons (Fsp3) is 0.364. The highest BCUT2D eigenvalue weighted by atomic mass is 19.1. The van der Waals surface area contributed by atoms with Crippen LogP contribution in [0.5, 0.6) is 0 Å². The number of benzene rings is 3. The molecule has 4 N–H and O–H groups in total. The maximum Gasteiger partial charge on any atom is 0.412 e. The third-order valence-corrected chi connectivity index (χ3v) is 6.86. The predicted octanol–water partition coefficient (Wildman–Crippen LogP) is 6.40. The van der Waals surface area contributed by atoms with Crippen molar-refractivity contribution < 1.29 is 28.2 Å². The number of hydrogen-bond acceptors (Lipinski definition) is 6. The lowest BCUT2D eigenvalue weighted by molar-refractivity contribution is 0.0369. The Morgan fingerprint density at radius 1 is 0.886 bits per heavy atom. The Kier molecular flexibility index (Phi) is 11.3. The zero-order valence-electron chi connectivity index (χ0n) is 25.3. The van der Waals surface area contributed by atoms with Crippen LogP contribution in [0.4, 0.5) is 31.0 Å². The number of urea groups is 1. The molecule has 0 bridgehead atoms. The molecule has 3 aromatic carbocycles. The summed E-state index contributed by atoms with van der Waals surface area (Å²) in [6.07, 6.45) is 0.883. The van der Waals surface area contributed by atoms with Crippen LogP contribution in [0.2, 0.25) is 0 Å². The molecule has 1 heterocycles. The molecule has 1 saturated heterocycles. The number of rotatable bonds is 10. The molecule has 1 unspecified atom stereocenters. The number of hydrogen-bond donors (Lipinski definition) is 4. The fourth-order valence-corrected chi connectivity index (χ4v) is 4.70. The molecule has 10 nitrogen and oxygen atoms in total. The Labute approximate surface area is 257 Å². The van der Waals surface area contributed by atoms with Crippen LogP contribution < -0.4 is 21.3 Å². The lowest BCUT2D eigenvalue weighted by atomic mass is 10.00. The summed E-state index contributed by atoms with van der Waals surface area (Å²) in [5, 5.41) is 11.3. The second-order valence-electron chi connectivity index (χ2n) is 11.5. The molecule has 1 atom stereocenters. The summed E-state index contributed by atoms with van der Waals surface area (Å²) < 4.78 is 24.1. The maximum atomic E-state index is 13.3. The van der Waals surface area contributed by atoms with Crippen LogP contribution in [-0.4, -0.2) is 61.4 Å². The molecule has 0 spiro atoms. The summed E-state index contributed by atoms with van der Waals surface area (Å²) in [5.74, 6) is -0.746. The molecule has 0 aromatic heterocycles. The number of carbonyl (C=O) groups is 3. The van der Waals surface area contributed by atoms with Crippen molar-refractivity contribution in [2.75, 3.05) is 48.8 Å². The van der Waals surface area contributed by atoms with Gasteiger partial charge in [-0.3, -0.25) is 15.0 Å². The van der Waals surface area contributed by atoms with Gasteiger partial charge >= 0.3 is 12.1 Å². The predicted molar refractivity (Wildman–Crippen MR) is 168 cm³/mol. The van der Waals surface area contributed by atoms with E-state index in [-0.39, 0.29) is 17.8 Å². The van der Waals surface area contributed by atoms with Crippen molar-refractivity contribution >= 4 is 35.1 Å². The number of nitrogens with one attached hydrogen (secondary N) is 4. The maximum absolute atomic E-state index is 13.3. The van der Waals surface area contributed by atoms with Gasteiger partial charge < -0.3 is 25.4 Å². The van der Waals surface area contributed by atoms with Crippen LogP contribution in [-0.2, 0) is 9.47 Å². The van der Waals surface area contributed by atoms with Gasteiger partial charge in [-0.15, -0.1) is 0 Å². The molecule has 3 aromatic rings. The van der Waals surface area contributed by atoms with Crippen LogP contribution >= 0.6 is 0 Å². The van der Waals surface area contributed by atoms with Crippen molar-refractivity contribution in [3.8, 4) is 0 Å². The largest absolute Gasteiger partial charge is 0.444 e. The van der Waals surface area contributed by atoms with E-state index in [0.717, 1.165) is 31.6 Å². The van der Waals surface area contributed by atoms with Gasteiger partial charge in [-0.25, -0.2) is 14.0 Å². The highest BCUT2D eigenvalue weighted by Crippen LogP contribution is 2.24. The van der Waals surface area contributed by atoms with E-state index in [2.05, 4.69) is 26.2 Å². The number of ether oxygens (including phenoxy) is 2. The van der Waals surface area contributed by atoms with Crippen LogP contribution in [0.1, 0.15) is 55.6 Å². The van der Waals surface area contributed by atoms with E-state index >= 15 is 0 Å². The molecule has 0 aliphatic carbocycles. The Balaban J connectivity index is 1.42. The molecule has 4 rings (SSSR count). The average Bonchev–Trinajstić information content (AvgIpc) is 2.98. The van der Waals surface area contributed by atoms with Gasteiger partial charge in [0.05, 0.1) is 30.6 Å². The lowest BCUT2D eigenvalue weighted by Gasteiger charge is -2.27. The molecule has 1 aliphatic rings. The van der Waals surface area contributed by atoms with Crippen LogP contribution in [0.3, 0.4) is 0 Å². The SMILES string of the molecule is CC(C)(C)OC(=O)Nc1ccccc1NC(=O)c1ccc(C(CCCN2CCOCC2)NC(=O)Nc2ccc(F)cc2)cc1. The molecule has 1 fully saturated rings. The minimum absolute atomic E-state index is 0.327. The first-order chi connectivity index (χ1) is 21.1. The van der Waals surface area contributed by atoms with Crippen molar-refractivity contribution in [2.24, 2.45) is 0 Å². The fourth-order valence-electron chi connectivity index (χ4n) is 4.70. The number of nitrogens with zero attached hydrogens (tertiary/aromatic N) is 1. The Bertz CT molecular complexity index is 1400. The van der Waals surface area contributed by atoms with Gasteiger partial charge in [0.25, 0.3) is 5.91 Å². The van der Waals surface area contributed by atoms with Crippen LogP contribution in [0, 0.1) is 5.82 Å². The van der Waals surface area contributed by atoms with Gasteiger partial charge in [0.1, 0.15) is 11.4 Å². The Morgan fingerprint density at radius 2 is 1.52 bits per heavy atom. The van der Waals surface area contributed by atoms with Gasteiger partial charge in [-0.1, -0.05) is 24.3 Å². The van der Waals surface area contributed by atoms with Gasteiger partial charge in [0.2, 0.25) is 0 Å². The number of morpholine rings is 1. The third kappa shape index (κ3) is 10.4. The molecule has 234 valence electrons. The van der Waals surface area contributed by atoms with E-state index in [0.29, 0.717) is 42.3 Å². The molecule has 44 heavy (non-hydrogen) atoms. The lowest BCUT2D eigenvalue weighted by Crippen LogP contribution is -2.37. The summed E-state index contributed by atoms with van der Waals surface area (Å²) >= 11 is 0. The highest BCUT2D eigenvalue weighted by Gasteiger charge is 2.20. The summed E-state index contributed by atoms with van der Waals surface area (Å²) in [5.41, 5.74) is 1.88. The highest BCUT2D eigenvalue weighted by molar-refractivity contribution is 6.06. The Morgan fingerprint density at radius 3 is 2.16 bits per heavy atom. The van der Waals surface area contributed by atoms with Gasteiger partial charge in [0, 0.05) is 24.3 Å². The quantitative estimate of drug-likeness (QED) is 0.212. The second kappa shape index (κ2) is 15.3. The zero-order valence-corrected chi connectivity index (χ0v) is 25.3. The van der Waals surface area contributed by atoms with E-state index < -0.39 is 17.7 Å². The minimum Gasteiger partial charge on any atom is -0.444 e. The Hall–Kier alpha value is -4.48. The van der Waals surface area contributed by atoms with Crippen molar-refractivity contribution in [1.29, 1.82) is 0 Å². The summed E-state index contributed by atoms with van der Waals surface area (Å²) in [6.45, 7) is 9.37. The molecular formula is C33H40FN5O5. The average molecular weight is 606 g/mol. The van der Waals surface area contributed by atoms with E-state index in [1.807, 2.05) is 12.1 Å². The second-order valence-corrected chi connectivity index (χ2v) is 11.5. The van der Waals surface area contributed by atoms with Crippen molar-refractivity contribution in [1.82, 2.24) is 10.2 Å². The van der Waals surface area contributed by atoms with Gasteiger partial charge in [-0.05, 0) is 94.3 Å². The van der Waals surface area contributed by atoms with Crippen molar-refractivity contribution in [2.45, 2.75) is 45.3 Å². The van der Waals surface area contributed by atoms with E-state index in [1.165, 1.54) is 24.3 Å². The normalized spacial score (nSPS) is 14.3. The topological polar surface area (TPSA) is 121 Å². The smallest absolute Gasteiger partial charge is 0.412 e. The monoisotopic (exact) mass is 605 g/mol. The number of halogens is 1. The molecule has 0 saturated carbocycles. The van der Waals surface area contributed by atoms with E-state index in [4.69, 9.17) is 9.47 Å². The summed E-state index contributed by atoms with van der Waals surface area (Å²) in [7, 11) is 0. The van der Waals surface area contributed by atoms with E-state index in [1.54, 1.807) is 57.2 Å². The van der Waals surface area contributed by atoms with Crippen molar-refractivity contribution in [3.63, 3.8) is 0 Å². The first-order valence-electron chi connectivity index (χ1n) is 14.7. The van der Waals surface area contributed by atoms with Crippen LogP contribution in [0.25, 0.3) is 0 Å².